The Morgan fingerprint density at radius 1 is 1.27 bits per heavy atom. The lowest BCUT2D eigenvalue weighted by atomic mass is 10.0. The highest BCUT2D eigenvalue weighted by Gasteiger charge is 2.18. The van der Waals surface area contributed by atoms with Gasteiger partial charge in [0.1, 0.15) is 0 Å². The average Bonchev–Trinajstić information content (AvgIpc) is 2.98. The van der Waals surface area contributed by atoms with E-state index in [1.807, 2.05) is 30.3 Å². The van der Waals surface area contributed by atoms with Crippen molar-refractivity contribution in [2.45, 2.75) is 31.9 Å². The van der Waals surface area contributed by atoms with E-state index >= 15 is 0 Å². The molecule has 1 amide bonds. The molecule has 5 nitrogen and oxygen atoms in total. The third kappa shape index (κ3) is 4.55. The Hall–Kier alpha value is -2.08. The summed E-state index contributed by atoms with van der Waals surface area (Å²) in [6, 6.07) is 10.9. The minimum Gasteiger partial charge on any atom is -0.391 e. The van der Waals surface area contributed by atoms with E-state index in [-0.39, 0.29) is 18.4 Å². The number of amides is 1. The second kappa shape index (κ2) is 8.08. The van der Waals surface area contributed by atoms with Gasteiger partial charge >= 0.3 is 0 Å². The minimum absolute atomic E-state index is 0.0953. The molecule has 7 heteroatoms. The first-order valence-corrected chi connectivity index (χ1v) is 9.02. The fraction of sp³-hybridized carbons (Fsp3) is 0.263. The lowest BCUT2D eigenvalue weighted by Gasteiger charge is -2.20. The number of pyridine rings is 1. The monoisotopic (exact) mass is 391 g/mol. The van der Waals surface area contributed by atoms with Crippen LogP contribution in [-0.2, 0) is 17.6 Å². The van der Waals surface area contributed by atoms with Crippen molar-refractivity contribution in [3.63, 3.8) is 0 Å². The van der Waals surface area contributed by atoms with E-state index in [1.165, 1.54) is 0 Å². The maximum Gasteiger partial charge on any atom is 0.226 e. The second-order valence-electron chi connectivity index (χ2n) is 6.26. The second-order valence-corrected chi connectivity index (χ2v) is 7.10. The average molecular weight is 392 g/mol. The molecule has 0 radical (unpaired) electrons. The molecule has 0 spiro atoms. The van der Waals surface area contributed by atoms with Crippen LogP contribution in [0.25, 0.3) is 5.65 Å². The van der Waals surface area contributed by atoms with Gasteiger partial charge in [-0.3, -0.25) is 4.79 Å². The number of aromatic nitrogens is 2. The zero-order valence-corrected chi connectivity index (χ0v) is 15.7. The standard InChI is InChI=1S/C19H19Cl2N3O2/c1-12(17(25)7-13-5-3-2-4-6-13)22-18(26)9-15-11-24-10-14(20)8-16(21)19(24)23-15/h2-6,8,10-12,17,25H,7,9H2,1H3,(H,22,26)/t12-,17-/m0/s1. The van der Waals surface area contributed by atoms with Gasteiger partial charge in [0.2, 0.25) is 5.91 Å². The Bertz CT molecular complexity index is 912. The Morgan fingerprint density at radius 3 is 2.73 bits per heavy atom. The van der Waals surface area contributed by atoms with Crippen molar-refractivity contribution in [1.29, 1.82) is 0 Å². The molecule has 2 atom stereocenters. The van der Waals surface area contributed by atoms with Gasteiger partial charge in [-0.15, -0.1) is 0 Å². The third-order valence-corrected chi connectivity index (χ3v) is 4.60. The van der Waals surface area contributed by atoms with Gasteiger partial charge in [0, 0.05) is 18.8 Å². The van der Waals surface area contributed by atoms with Crippen LogP contribution in [0.4, 0.5) is 0 Å². The van der Waals surface area contributed by atoms with Gasteiger partial charge < -0.3 is 14.8 Å². The van der Waals surface area contributed by atoms with Crippen LogP contribution in [-0.4, -0.2) is 32.5 Å². The number of aliphatic hydroxyl groups is 1. The molecule has 0 saturated heterocycles. The topological polar surface area (TPSA) is 66.6 Å². The molecule has 0 unspecified atom stereocenters. The SMILES string of the molecule is C[C@H](NC(=O)Cc1cn2cc(Cl)cc(Cl)c2n1)[C@@H](O)Cc1ccccc1. The van der Waals surface area contributed by atoms with Crippen LogP contribution in [0.15, 0.2) is 48.8 Å². The van der Waals surface area contributed by atoms with Gasteiger partial charge in [-0.25, -0.2) is 4.98 Å². The zero-order valence-electron chi connectivity index (χ0n) is 14.2. The Labute approximate surface area is 161 Å². The summed E-state index contributed by atoms with van der Waals surface area (Å²) in [5.41, 5.74) is 2.15. The maximum absolute atomic E-state index is 12.3. The number of hydrogen-bond acceptors (Lipinski definition) is 3. The molecule has 3 aromatic rings. The van der Waals surface area contributed by atoms with Crippen LogP contribution in [0.5, 0.6) is 0 Å². The van der Waals surface area contributed by atoms with Crippen molar-refractivity contribution in [1.82, 2.24) is 14.7 Å². The van der Waals surface area contributed by atoms with Gasteiger partial charge in [0.15, 0.2) is 5.65 Å². The number of carbonyl (C=O) groups is 1. The first-order valence-electron chi connectivity index (χ1n) is 8.26. The van der Waals surface area contributed by atoms with Crippen molar-refractivity contribution in [3.05, 3.63) is 70.1 Å². The van der Waals surface area contributed by atoms with Crippen molar-refractivity contribution in [2.75, 3.05) is 0 Å². The summed E-state index contributed by atoms with van der Waals surface area (Å²) >= 11 is 12.1. The summed E-state index contributed by atoms with van der Waals surface area (Å²) < 4.78 is 1.70. The molecular formula is C19H19Cl2N3O2. The Balaban J connectivity index is 1.60. The third-order valence-electron chi connectivity index (χ3n) is 4.12. The van der Waals surface area contributed by atoms with Crippen molar-refractivity contribution in [3.8, 4) is 0 Å². The zero-order chi connectivity index (χ0) is 18.7. The lowest BCUT2D eigenvalue weighted by Crippen LogP contribution is -2.42. The number of halogens is 2. The lowest BCUT2D eigenvalue weighted by molar-refractivity contribution is -0.121. The molecular weight excluding hydrogens is 373 g/mol. The number of nitrogens with zero attached hydrogens (tertiary/aromatic N) is 2. The van der Waals surface area contributed by atoms with E-state index in [1.54, 1.807) is 29.8 Å². The van der Waals surface area contributed by atoms with Crippen LogP contribution >= 0.6 is 23.2 Å². The molecule has 0 aliphatic rings. The summed E-state index contributed by atoms with van der Waals surface area (Å²) in [7, 11) is 0. The van der Waals surface area contributed by atoms with Gasteiger partial charge in [-0.2, -0.15) is 0 Å². The molecule has 0 aliphatic heterocycles. The molecule has 0 fully saturated rings. The molecule has 26 heavy (non-hydrogen) atoms. The highest BCUT2D eigenvalue weighted by Crippen LogP contribution is 2.21. The number of carbonyl (C=O) groups excluding carboxylic acids is 1. The number of aliphatic hydroxyl groups excluding tert-OH is 1. The van der Waals surface area contributed by atoms with Crippen LogP contribution in [0.1, 0.15) is 18.2 Å². The first-order chi connectivity index (χ1) is 12.4. The number of nitrogens with one attached hydrogen (secondary N) is 1. The predicted molar refractivity (Wildman–Crippen MR) is 103 cm³/mol. The summed E-state index contributed by atoms with van der Waals surface area (Å²) in [4.78, 5) is 16.6. The minimum atomic E-state index is -0.671. The molecule has 2 aromatic heterocycles. The summed E-state index contributed by atoms with van der Waals surface area (Å²) in [5, 5.41) is 14.0. The van der Waals surface area contributed by atoms with E-state index in [2.05, 4.69) is 10.3 Å². The predicted octanol–water partition coefficient (Wildman–Crippen LogP) is 3.29. The number of imidazole rings is 1. The van der Waals surface area contributed by atoms with Gasteiger partial charge in [-0.05, 0) is 18.6 Å². The maximum atomic E-state index is 12.3. The number of hydrogen-bond donors (Lipinski definition) is 2. The van der Waals surface area contributed by atoms with Crippen molar-refractivity contribution in [2.24, 2.45) is 0 Å². The highest BCUT2D eigenvalue weighted by molar-refractivity contribution is 6.36. The van der Waals surface area contributed by atoms with Crippen molar-refractivity contribution >= 4 is 34.8 Å². The van der Waals surface area contributed by atoms with Crippen LogP contribution in [0.2, 0.25) is 10.0 Å². The van der Waals surface area contributed by atoms with E-state index in [9.17, 15) is 9.90 Å². The quantitative estimate of drug-likeness (QED) is 0.677. The Kier molecular flexibility index (Phi) is 5.81. The van der Waals surface area contributed by atoms with Gasteiger partial charge in [0.25, 0.3) is 0 Å². The van der Waals surface area contributed by atoms with E-state index in [0.29, 0.717) is 27.8 Å². The van der Waals surface area contributed by atoms with Crippen LogP contribution in [0.3, 0.4) is 0 Å². The fourth-order valence-corrected chi connectivity index (χ4v) is 3.29. The molecule has 3 rings (SSSR count). The summed E-state index contributed by atoms with van der Waals surface area (Å²) in [5.74, 6) is -0.213. The molecule has 136 valence electrons. The van der Waals surface area contributed by atoms with Crippen LogP contribution < -0.4 is 5.32 Å². The van der Waals surface area contributed by atoms with Gasteiger partial charge in [0.05, 0.1) is 34.3 Å². The van der Waals surface area contributed by atoms with E-state index in [0.717, 1.165) is 5.56 Å². The summed E-state index contributed by atoms with van der Waals surface area (Å²) in [6.45, 7) is 1.78. The Morgan fingerprint density at radius 2 is 2.00 bits per heavy atom. The number of fused-ring (bicyclic) bond motifs is 1. The fourth-order valence-electron chi connectivity index (χ4n) is 2.76. The van der Waals surface area contributed by atoms with Crippen LogP contribution in [0, 0.1) is 0 Å². The summed E-state index contributed by atoms with van der Waals surface area (Å²) in [6.07, 6.45) is 3.31. The number of benzene rings is 1. The molecule has 0 bridgehead atoms. The smallest absolute Gasteiger partial charge is 0.226 e. The normalized spacial score (nSPS) is 13.5. The highest BCUT2D eigenvalue weighted by atomic mass is 35.5. The molecule has 2 heterocycles. The number of rotatable bonds is 6. The first kappa shape index (κ1) is 18.7. The molecule has 1 aromatic carbocycles. The molecule has 2 N–H and O–H groups in total. The largest absolute Gasteiger partial charge is 0.391 e. The molecule has 0 aliphatic carbocycles. The van der Waals surface area contributed by atoms with E-state index in [4.69, 9.17) is 23.2 Å². The molecule has 0 saturated carbocycles. The van der Waals surface area contributed by atoms with Crippen molar-refractivity contribution < 1.29 is 9.90 Å². The van der Waals surface area contributed by atoms with Gasteiger partial charge in [-0.1, -0.05) is 53.5 Å². The van der Waals surface area contributed by atoms with E-state index < -0.39 is 6.10 Å².